The first-order chi connectivity index (χ1) is 19.1. The van der Waals surface area contributed by atoms with Crippen molar-refractivity contribution in [3.05, 3.63) is 88.1 Å². The SMILES string of the molecule is Cc1cc(Nc2cc(-c3ncccc3C)cc(C[C@@]3(C(=O)O)CCN(Cc4cccc(Cl)c4F)[C@H](C)C3)n2)n[nH]1. The molecule has 0 saturated carbocycles. The highest BCUT2D eigenvalue weighted by molar-refractivity contribution is 6.30. The van der Waals surface area contributed by atoms with Crippen LogP contribution < -0.4 is 5.32 Å². The minimum absolute atomic E-state index is 0.0885. The molecule has 1 aromatic carbocycles. The first-order valence-corrected chi connectivity index (χ1v) is 13.6. The molecular weight excluding hydrogens is 531 g/mol. The van der Waals surface area contributed by atoms with E-state index in [2.05, 4.69) is 25.4 Å². The van der Waals surface area contributed by atoms with Gasteiger partial charge in [-0.3, -0.25) is 19.8 Å². The van der Waals surface area contributed by atoms with Gasteiger partial charge in [0.05, 0.1) is 16.1 Å². The van der Waals surface area contributed by atoms with Crippen molar-refractivity contribution in [2.75, 3.05) is 11.9 Å². The van der Waals surface area contributed by atoms with Gasteiger partial charge in [0, 0.05) is 53.8 Å². The maximum Gasteiger partial charge on any atom is 0.310 e. The van der Waals surface area contributed by atoms with Crippen LogP contribution in [-0.4, -0.2) is 48.7 Å². The number of carbonyl (C=O) groups is 1. The molecule has 0 amide bonds. The maximum atomic E-state index is 14.6. The molecule has 0 bridgehead atoms. The summed E-state index contributed by atoms with van der Waals surface area (Å²) in [5.74, 6) is -0.100. The Morgan fingerprint density at radius 3 is 2.75 bits per heavy atom. The first kappa shape index (κ1) is 27.7. The number of aryl methyl sites for hydroxylation is 2. The largest absolute Gasteiger partial charge is 0.481 e. The van der Waals surface area contributed by atoms with Crippen molar-refractivity contribution in [1.82, 2.24) is 25.1 Å². The van der Waals surface area contributed by atoms with Crippen LogP contribution in [0, 0.1) is 25.1 Å². The van der Waals surface area contributed by atoms with Gasteiger partial charge in [0.1, 0.15) is 11.6 Å². The summed E-state index contributed by atoms with van der Waals surface area (Å²) in [7, 11) is 0. The lowest BCUT2D eigenvalue weighted by Gasteiger charge is -2.43. The molecule has 5 rings (SSSR count). The summed E-state index contributed by atoms with van der Waals surface area (Å²) in [6, 6.07) is 14.5. The second kappa shape index (κ2) is 11.3. The van der Waals surface area contributed by atoms with Gasteiger partial charge >= 0.3 is 5.97 Å². The van der Waals surface area contributed by atoms with E-state index in [1.807, 2.05) is 51.1 Å². The lowest BCUT2D eigenvalue weighted by molar-refractivity contribution is -0.153. The number of carboxylic acid groups (broad SMARTS) is 1. The maximum absolute atomic E-state index is 14.6. The van der Waals surface area contributed by atoms with E-state index in [1.54, 1.807) is 18.3 Å². The molecule has 4 heterocycles. The number of nitrogens with zero attached hydrogens (tertiary/aromatic N) is 4. The normalized spacial score (nSPS) is 19.5. The fourth-order valence-corrected chi connectivity index (χ4v) is 5.75. The van der Waals surface area contributed by atoms with Crippen LogP contribution in [0.2, 0.25) is 5.02 Å². The highest BCUT2D eigenvalue weighted by Crippen LogP contribution is 2.40. The van der Waals surface area contributed by atoms with Crippen LogP contribution >= 0.6 is 11.6 Å². The number of hydrogen-bond acceptors (Lipinski definition) is 6. The number of rotatable bonds is 8. The van der Waals surface area contributed by atoms with Gasteiger partial charge in [-0.25, -0.2) is 9.37 Å². The van der Waals surface area contributed by atoms with E-state index in [-0.39, 0.29) is 17.5 Å². The highest BCUT2D eigenvalue weighted by atomic mass is 35.5. The van der Waals surface area contributed by atoms with E-state index in [0.717, 1.165) is 22.5 Å². The number of halogens is 2. The molecule has 10 heteroatoms. The number of piperidine rings is 1. The number of nitrogens with one attached hydrogen (secondary N) is 2. The molecule has 8 nitrogen and oxygen atoms in total. The average molecular weight is 563 g/mol. The lowest BCUT2D eigenvalue weighted by Crippen LogP contribution is -2.49. The third-order valence-corrected chi connectivity index (χ3v) is 7.98. The van der Waals surface area contributed by atoms with Gasteiger partial charge in [-0.1, -0.05) is 29.8 Å². The van der Waals surface area contributed by atoms with Crippen molar-refractivity contribution in [1.29, 1.82) is 0 Å². The standard InChI is InChI=1S/C30H32ClFN6O2/c1-18-6-5-10-33-28(18)22-13-23(34-25(14-22)35-26-12-19(2)36-37-26)16-30(29(39)40)9-11-38(20(3)15-30)17-21-7-4-8-24(31)27(21)32/h4-8,10,12-14,20H,9,11,15-17H2,1-3H3,(H,39,40)(H2,34,35,36,37)/t20-,30-/m1/s1. The average Bonchev–Trinajstić information content (AvgIpc) is 3.32. The Morgan fingerprint density at radius 1 is 1.23 bits per heavy atom. The third kappa shape index (κ3) is 5.85. The van der Waals surface area contributed by atoms with Gasteiger partial charge in [0.2, 0.25) is 0 Å². The number of pyridine rings is 2. The minimum atomic E-state index is -1.02. The summed E-state index contributed by atoms with van der Waals surface area (Å²) in [6.07, 6.45) is 2.80. The smallest absolute Gasteiger partial charge is 0.310 e. The zero-order valence-corrected chi connectivity index (χ0v) is 23.5. The molecule has 0 unspecified atom stereocenters. The predicted octanol–water partition coefficient (Wildman–Crippen LogP) is 6.32. The van der Waals surface area contributed by atoms with Gasteiger partial charge < -0.3 is 10.4 Å². The molecule has 1 aliphatic rings. The van der Waals surface area contributed by atoms with Crippen LogP contribution in [0.15, 0.2) is 54.7 Å². The summed E-state index contributed by atoms with van der Waals surface area (Å²) in [5, 5.41) is 21.0. The number of hydrogen-bond donors (Lipinski definition) is 3. The zero-order chi connectivity index (χ0) is 28.4. The number of aromatic amines is 1. The molecule has 4 aromatic rings. The molecule has 0 spiro atoms. The van der Waals surface area contributed by atoms with Gasteiger partial charge in [-0.05, 0) is 70.0 Å². The van der Waals surface area contributed by atoms with Crippen LogP contribution in [0.4, 0.5) is 16.0 Å². The van der Waals surface area contributed by atoms with Crippen LogP contribution in [0.1, 0.15) is 42.3 Å². The van der Waals surface area contributed by atoms with E-state index < -0.39 is 17.2 Å². The second-order valence-electron chi connectivity index (χ2n) is 10.7. The number of carboxylic acids is 1. The molecular formula is C30H32ClFN6O2. The Kier molecular flexibility index (Phi) is 7.87. The molecule has 3 N–H and O–H groups in total. The Morgan fingerprint density at radius 2 is 2.05 bits per heavy atom. The Hall–Kier alpha value is -3.82. The van der Waals surface area contributed by atoms with E-state index in [4.69, 9.17) is 16.6 Å². The quantitative estimate of drug-likeness (QED) is 0.231. The number of H-pyrrole nitrogens is 1. The molecule has 40 heavy (non-hydrogen) atoms. The fourth-order valence-electron chi connectivity index (χ4n) is 5.56. The number of likely N-dealkylation sites (tertiary alicyclic amines) is 1. The Bertz CT molecular complexity index is 1540. The number of anilines is 2. The third-order valence-electron chi connectivity index (χ3n) is 7.69. The second-order valence-corrected chi connectivity index (χ2v) is 11.1. The number of aromatic nitrogens is 4. The van der Waals surface area contributed by atoms with Crippen molar-refractivity contribution in [3.63, 3.8) is 0 Å². The molecule has 1 fully saturated rings. The van der Waals surface area contributed by atoms with Crippen LogP contribution in [-0.2, 0) is 17.8 Å². The van der Waals surface area contributed by atoms with Crippen molar-refractivity contribution in [2.24, 2.45) is 5.41 Å². The number of aliphatic carboxylic acids is 1. The summed E-state index contributed by atoms with van der Waals surface area (Å²) in [4.78, 5) is 24.3. The topological polar surface area (TPSA) is 107 Å². The molecule has 0 radical (unpaired) electrons. The van der Waals surface area contributed by atoms with E-state index in [0.29, 0.717) is 48.8 Å². The van der Waals surface area contributed by atoms with Crippen LogP contribution in [0.5, 0.6) is 0 Å². The van der Waals surface area contributed by atoms with E-state index in [9.17, 15) is 14.3 Å². The Labute approximate surface area is 237 Å². The predicted molar refractivity (Wildman–Crippen MR) is 153 cm³/mol. The van der Waals surface area contributed by atoms with Crippen molar-refractivity contribution in [2.45, 2.75) is 52.6 Å². The number of benzene rings is 1. The summed E-state index contributed by atoms with van der Waals surface area (Å²) >= 11 is 5.98. The van der Waals surface area contributed by atoms with E-state index >= 15 is 0 Å². The van der Waals surface area contributed by atoms with Crippen molar-refractivity contribution < 1.29 is 14.3 Å². The summed E-state index contributed by atoms with van der Waals surface area (Å²) < 4.78 is 14.6. The monoisotopic (exact) mass is 562 g/mol. The molecule has 2 atom stereocenters. The van der Waals surface area contributed by atoms with Gasteiger partial charge in [0.15, 0.2) is 5.82 Å². The van der Waals surface area contributed by atoms with Gasteiger partial charge in [0.25, 0.3) is 0 Å². The first-order valence-electron chi connectivity index (χ1n) is 13.3. The summed E-state index contributed by atoms with van der Waals surface area (Å²) in [5.41, 5.74) is 3.71. The van der Waals surface area contributed by atoms with Crippen LogP contribution in [0.3, 0.4) is 0 Å². The molecule has 1 saturated heterocycles. The minimum Gasteiger partial charge on any atom is -0.481 e. The summed E-state index contributed by atoms with van der Waals surface area (Å²) in [6.45, 7) is 6.78. The fraction of sp³-hybridized carbons (Fsp3) is 0.333. The molecule has 0 aliphatic carbocycles. The molecule has 1 aliphatic heterocycles. The van der Waals surface area contributed by atoms with Crippen LogP contribution in [0.25, 0.3) is 11.3 Å². The van der Waals surface area contributed by atoms with Gasteiger partial charge in [-0.2, -0.15) is 5.10 Å². The zero-order valence-electron chi connectivity index (χ0n) is 22.7. The molecule has 208 valence electrons. The lowest BCUT2D eigenvalue weighted by atomic mass is 9.72. The highest BCUT2D eigenvalue weighted by Gasteiger charge is 2.45. The van der Waals surface area contributed by atoms with E-state index in [1.165, 1.54) is 6.07 Å². The molecule has 3 aromatic heterocycles. The van der Waals surface area contributed by atoms with Gasteiger partial charge in [-0.15, -0.1) is 0 Å². The van der Waals surface area contributed by atoms with Crippen molar-refractivity contribution >= 4 is 29.2 Å². The van der Waals surface area contributed by atoms with Crippen molar-refractivity contribution in [3.8, 4) is 11.3 Å². The Balaban J connectivity index is 1.44.